The van der Waals surface area contributed by atoms with E-state index in [1.54, 1.807) is 37.3 Å². The standard InChI is InChI=1S/C23H22O7/c1-3-14-9-18-16(10-22(26)30-21(18)11-20(14)25)12-29-23(27)13-28-17-7-5-15(6-8-17)19(24)4-2/h5-11,25H,3-4,12-13H2,1-2H3. The summed E-state index contributed by atoms with van der Waals surface area (Å²) in [5.41, 5.74) is 1.38. The molecule has 30 heavy (non-hydrogen) atoms. The Hall–Kier alpha value is -3.61. The van der Waals surface area contributed by atoms with Gasteiger partial charge in [0.1, 0.15) is 23.7 Å². The number of benzene rings is 2. The molecule has 156 valence electrons. The molecular weight excluding hydrogens is 388 g/mol. The second kappa shape index (κ2) is 9.26. The number of esters is 1. The van der Waals surface area contributed by atoms with E-state index in [2.05, 4.69) is 0 Å². The lowest BCUT2D eigenvalue weighted by Crippen LogP contribution is -2.15. The van der Waals surface area contributed by atoms with Gasteiger partial charge in [0.15, 0.2) is 12.4 Å². The van der Waals surface area contributed by atoms with Crippen LogP contribution in [-0.4, -0.2) is 23.5 Å². The summed E-state index contributed by atoms with van der Waals surface area (Å²) in [7, 11) is 0. The number of aromatic hydroxyl groups is 1. The number of phenols is 1. The van der Waals surface area contributed by atoms with Crippen LogP contribution in [0.5, 0.6) is 11.5 Å². The van der Waals surface area contributed by atoms with Gasteiger partial charge in [-0.1, -0.05) is 13.8 Å². The van der Waals surface area contributed by atoms with Crippen LogP contribution in [-0.2, 0) is 22.6 Å². The molecule has 0 spiro atoms. The molecule has 1 aromatic heterocycles. The summed E-state index contributed by atoms with van der Waals surface area (Å²) >= 11 is 0. The quantitative estimate of drug-likeness (QED) is 0.342. The van der Waals surface area contributed by atoms with Crippen LogP contribution in [0, 0.1) is 0 Å². The number of Topliss-reactive ketones (excluding diaryl/α,β-unsaturated/α-hetero) is 1. The largest absolute Gasteiger partial charge is 0.508 e. The Morgan fingerprint density at radius 2 is 1.77 bits per heavy atom. The van der Waals surface area contributed by atoms with Crippen LogP contribution in [0.1, 0.15) is 41.8 Å². The van der Waals surface area contributed by atoms with Crippen molar-refractivity contribution in [2.24, 2.45) is 0 Å². The van der Waals surface area contributed by atoms with Gasteiger partial charge in [-0.3, -0.25) is 4.79 Å². The van der Waals surface area contributed by atoms with Crippen molar-refractivity contribution in [3.63, 3.8) is 0 Å². The molecule has 0 saturated carbocycles. The molecule has 7 nitrogen and oxygen atoms in total. The topological polar surface area (TPSA) is 103 Å². The molecule has 7 heteroatoms. The van der Waals surface area contributed by atoms with Gasteiger partial charge >= 0.3 is 11.6 Å². The molecule has 3 aromatic rings. The Labute approximate surface area is 172 Å². The average molecular weight is 410 g/mol. The number of hydrogen-bond donors (Lipinski definition) is 1. The summed E-state index contributed by atoms with van der Waals surface area (Å²) < 4.78 is 15.7. The Balaban J connectivity index is 1.65. The molecule has 0 radical (unpaired) electrons. The molecular formula is C23H22O7. The van der Waals surface area contributed by atoms with E-state index in [0.717, 1.165) is 0 Å². The van der Waals surface area contributed by atoms with Crippen molar-refractivity contribution >= 4 is 22.7 Å². The van der Waals surface area contributed by atoms with Gasteiger partial charge in [0.05, 0.1) is 0 Å². The number of aryl methyl sites for hydroxylation is 1. The van der Waals surface area contributed by atoms with E-state index in [-0.39, 0.29) is 30.3 Å². The van der Waals surface area contributed by atoms with Gasteiger partial charge in [0.2, 0.25) is 0 Å². The fourth-order valence-corrected chi connectivity index (χ4v) is 2.99. The van der Waals surface area contributed by atoms with Crippen molar-refractivity contribution < 1.29 is 28.6 Å². The second-order valence-corrected chi connectivity index (χ2v) is 6.67. The SMILES string of the molecule is CCC(=O)c1ccc(OCC(=O)OCc2cc(=O)oc3cc(O)c(CC)cc23)cc1. The Morgan fingerprint density at radius 1 is 1.03 bits per heavy atom. The molecule has 2 aromatic carbocycles. The van der Waals surface area contributed by atoms with Crippen LogP contribution in [0.3, 0.4) is 0 Å². The molecule has 0 saturated heterocycles. The van der Waals surface area contributed by atoms with E-state index in [1.807, 2.05) is 6.92 Å². The van der Waals surface area contributed by atoms with Gasteiger partial charge in [-0.2, -0.15) is 0 Å². The van der Waals surface area contributed by atoms with E-state index in [0.29, 0.717) is 40.7 Å². The maximum atomic E-state index is 12.1. The van der Waals surface area contributed by atoms with Gasteiger partial charge in [-0.15, -0.1) is 0 Å². The first-order valence-electron chi connectivity index (χ1n) is 9.61. The minimum Gasteiger partial charge on any atom is -0.508 e. The third kappa shape index (κ3) is 4.86. The average Bonchev–Trinajstić information content (AvgIpc) is 2.75. The molecule has 0 bridgehead atoms. The van der Waals surface area contributed by atoms with Crippen molar-refractivity contribution in [3.05, 3.63) is 69.6 Å². The zero-order valence-electron chi connectivity index (χ0n) is 16.8. The van der Waals surface area contributed by atoms with Crippen molar-refractivity contribution in [2.45, 2.75) is 33.3 Å². The summed E-state index contributed by atoms with van der Waals surface area (Å²) in [6.07, 6.45) is 1.01. The van der Waals surface area contributed by atoms with Crippen LogP contribution < -0.4 is 10.4 Å². The zero-order chi connectivity index (χ0) is 21.7. The highest BCUT2D eigenvalue weighted by Crippen LogP contribution is 2.27. The number of phenolic OH excluding ortho intramolecular Hbond substituents is 1. The lowest BCUT2D eigenvalue weighted by molar-refractivity contribution is -0.147. The van der Waals surface area contributed by atoms with Crippen LogP contribution >= 0.6 is 0 Å². The number of rotatable bonds is 8. The van der Waals surface area contributed by atoms with Gasteiger partial charge < -0.3 is 19.0 Å². The molecule has 0 aliphatic rings. The highest BCUT2D eigenvalue weighted by Gasteiger charge is 2.12. The molecule has 0 fully saturated rings. The van der Waals surface area contributed by atoms with E-state index < -0.39 is 11.6 Å². The van der Waals surface area contributed by atoms with Crippen LogP contribution in [0.25, 0.3) is 11.0 Å². The number of ether oxygens (including phenoxy) is 2. The van der Waals surface area contributed by atoms with Gasteiger partial charge in [0, 0.05) is 35.1 Å². The van der Waals surface area contributed by atoms with Crippen molar-refractivity contribution in [3.8, 4) is 11.5 Å². The van der Waals surface area contributed by atoms with Crippen LogP contribution in [0.15, 0.2) is 51.7 Å². The van der Waals surface area contributed by atoms with Crippen molar-refractivity contribution in [2.75, 3.05) is 6.61 Å². The number of fused-ring (bicyclic) bond motifs is 1. The smallest absolute Gasteiger partial charge is 0.344 e. The molecule has 1 heterocycles. The third-order valence-electron chi connectivity index (χ3n) is 4.65. The highest BCUT2D eigenvalue weighted by atomic mass is 16.6. The van der Waals surface area contributed by atoms with Gasteiger partial charge in [-0.25, -0.2) is 9.59 Å². The zero-order valence-corrected chi connectivity index (χ0v) is 16.8. The number of ketones is 1. The summed E-state index contributed by atoms with van der Waals surface area (Å²) in [6.45, 7) is 3.22. The lowest BCUT2D eigenvalue weighted by Gasteiger charge is -2.10. The first-order valence-corrected chi connectivity index (χ1v) is 9.61. The predicted molar refractivity (Wildman–Crippen MR) is 110 cm³/mol. The minimum atomic E-state index is -0.611. The van der Waals surface area contributed by atoms with Crippen LogP contribution in [0.2, 0.25) is 0 Å². The molecule has 0 amide bonds. The normalized spacial score (nSPS) is 10.7. The maximum Gasteiger partial charge on any atom is 0.344 e. The fraction of sp³-hybridized carbons (Fsp3) is 0.261. The summed E-state index contributed by atoms with van der Waals surface area (Å²) in [5, 5.41) is 10.6. The summed E-state index contributed by atoms with van der Waals surface area (Å²) in [6, 6.07) is 10.9. The molecule has 3 rings (SSSR count). The number of hydrogen-bond acceptors (Lipinski definition) is 7. The third-order valence-corrected chi connectivity index (χ3v) is 4.65. The highest BCUT2D eigenvalue weighted by molar-refractivity contribution is 5.95. The monoisotopic (exact) mass is 410 g/mol. The second-order valence-electron chi connectivity index (χ2n) is 6.67. The Bertz CT molecular complexity index is 1130. The van der Waals surface area contributed by atoms with E-state index in [1.165, 1.54) is 12.1 Å². The van der Waals surface area contributed by atoms with E-state index >= 15 is 0 Å². The predicted octanol–water partition coefficient (Wildman–Crippen LogP) is 3.78. The Kier molecular flexibility index (Phi) is 6.51. The number of carbonyl (C=O) groups is 2. The summed E-state index contributed by atoms with van der Waals surface area (Å²) in [5.74, 6) is -0.101. The van der Waals surface area contributed by atoms with E-state index in [9.17, 15) is 19.5 Å². The first-order chi connectivity index (χ1) is 14.4. The molecule has 0 aliphatic heterocycles. The first kappa shape index (κ1) is 21.1. The molecule has 0 aliphatic carbocycles. The fourth-order valence-electron chi connectivity index (χ4n) is 2.99. The van der Waals surface area contributed by atoms with Gasteiger partial charge in [-0.05, 0) is 42.3 Å². The molecule has 0 atom stereocenters. The van der Waals surface area contributed by atoms with E-state index in [4.69, 9.17) is 13.9 Å². The van der Waals surface area contributed by atoms with Gasteiger partial charge in [0.25, 0.3) is 0 Å². The maximum absolute atomic E-state index is 12.1. The number of carbonyl (C=O) groups excluding carboxylic acids is 2. The molecule has 1 N–H and O–H groups in total. The minimum absolute atomic E-state index is 0.0278. The van der Waals surface area contributed by atoms with Crippen LogP contribution in [0.4, 0.5) is 0 Å². The summed E-state index contributed by atoms with van der Waals surface area (Å²) in [4.78, 5) is 35.5. The Morgan fingerprint density at radius 3 is 2.43 bits per heavy atom. The lowest BCUT2D eigenvalue weighted by atomic mass is 10.0. The van der Waals surface area contributed by atoms with Crippen molar-refractivity contribution in [1.29, 1.82) is 0 Å². The molecule has 0 unspecified atom stereocenters. The van der Waals surface area contributed by atoms with Crippen molar-refractivity contribution in [1.82, 2.24) is 0 Å².